The van der Waals surface area contributed by atoms with Crippen molar-refractivity contribution < 1.29 is 4.92 Å². The van der Waals surface area contributed by atoms with Crippen molar-refractivity contribution in [2.75, 3.05) is 6.54 Å². The number of aromatic nitrogens is 2. The first-order valence-electron chi connectivity index (χ1n) is 4.80. The second kappa shape index (κ2) is 4.22. The van der Waals surface area contributed by atoms with Crippen LogP contribution in [0.3, 0.4) is 0 Å². The Bertz CT molecular complexity index is 393. The van der Waals surface area contributed by atoms with Crippen LogP contribution in [0.4, 0.5) is 0 Å². The Morgan fingerprint density at radius 2 is 2.33 bits per heavy atom. The van der Waals surface area contributed by atoms with Crippen molar-refractivity contribution >= 4 is 15.9 Å². The van der Waals surface area contributed by atoms with Gasteiger partial charge in [-0.1, -0.05) is 0 Å². The van der Waals surface area contributed by atoms with E-state index in [2.05, 4.69) is 25.9 Å². The molecule has 0 atom stereocenters. The zero-order valence-electron chi connectivity index (χ0n) is 8.02. The Kier molecular flexibility index (Phi) is 2.95. The van der Waals surface area contributed by atoms with E-state index in [9.17, 15) is 10.1 Å². The Hall–Kier alpha value is -1.04. The topological polar surface area (TPSA) is 68.9 Å². The van der Waals surface area contributed by atoms with Crippen molar-refractivity contribution in [3.63, 3.8) is 0 Å². The summed E-state index contributed by atoms with van der Waals surface area (Å²) in [6, 6.07) is 0. The molecule has 1 aromatic rings. The molecule has 0 amide bonds. The van der Waals surface area contributed by atoms with E-state index in [4.69, 9.17) is 0 Å². The second-order valence-corrected chi connectivity index (χ2v) is 4.46. The molecule has 1 aliphatic carbocycles. The molecule has 0 saturated heterocycles. The van der Waals surface area contributed by atoms with Gasteiger partial charge in [0.25, 0.3) is 0 Å². The van der Waals surface area contributed by atoms with Crippen molar-refractivity contribution in [2.24, 2.45) is 0 Å². The fraction of sp³-hybridized carbons (Fsp3) is 0.556. The minimum atomic E-state index is -0.328. The molecule has 15 heavy (non-hydrogen) atoms. The molecule has 0 N–H and O–H groups in total. The highest BCUT2D eigenvalue weighted by Crippen LogP contribution is 2.38. The minimum absolute atomic E-state index is 0.0836. The highest BCUT2D eigenvalue weighted by molar-refractivity contribution is 9.10. The van der Waals surface area contributed by atoms with Crippen LogP contribution < -0.4 is 0 Å². The predicted octanol–water partition coefficient (Wildman–Crippen LogP) is 1.94. The minimum Gasteiger partial charge on any atom is -0.265 e. The maximum Gasteiger partial charge on any atom is 0.209 e. The summed E-state index contributed by atoms with van der Waals surface area (Å²) in [5.74, 6) is 1.31. The number of hydrogen-bond donors (Lipinski definition) is 0. The van der Waals surface area contributed by atoms with Crippen molar-refractivity contribution in [2.45, 2.75) is 25.2 Å². The second-order valence-electron chi connectivity index (χ2n) is 3.60. The summed E-state index contributed by atoms with van der Waals surface area (Å²) in [6.45, 7) is -0.0836. The van der Waals surface area contributed by atoms with Crippen LogP contribution in [0.2, 0.25) is 0 Å². The Morgan fingerprint density at radius 1 is 1.60 bits per heavy atom. The van der Waals surface area contributed by atoms with Gasteiger partial charge in [-0.25, -0.2) is 9.97 Å². The highest BCUT2D eigenvalue weighted by atomic mass is 79.9. The molecule has 0 bridgehead atoms. The molecule has 1 fully saturated rings. The molecule has 1 aliphatic rings. The number of halogens is 1. The van der Waals surface area contributed by atoms with Crippen LogP contribution in [-0.2, 0) is 6.42 Å². The summed E-state index contributed by atoms with van der Waals surface area (Å²) in [6.07, 6.45) is 4.32. The molecule has 1 aromatic heterocycles. The van der Waals surface area contributed by atoms with E-state index < -0.39 is 0 Å². The third-order valence-electron chi connectivity index (χ3n) is 2.31. The average molecular weight is 272 g/mol. The fourth-order valence-corrected chi connectivity index (χ4v) is 1.72. The summed E-state index contributed by atoms with van der Waals surface area (Å²) >= 11 is 3.30. The zero-order chi connectivity index (χ0) is 10.8. The first kappa shape index (κ1) is 10.5. The molecule has 0 radical (unpaired) electrons. The van der Waals surface area contributed by atoms with Gasteiger partial charge in [0.1, 0.15) is 5.82 Å². The van der Waals surface area contributed by atoms with Crippen LogP contribution in [0.15, 0.2) is 10.7 Å². The van der Waals surface area contributed by atoms with Crippen LogP contribution in [0, 0.1) is 10.1 Å². The lowest BCUT2D eigenvalue weighted by molar-refractivity contribution is -0.479. The Morgan fingerprint density at radius 3 is 2.93 bits per heavy atom. The summed E-state index contributed by atoms with van der Waals surface area (Å²) in [4.78, 5) is 18.5. The third kappa shape index (κ3) is 2.71. The molecule has 80 valence electrons. The van der Waals surface area contributed by atoms with Gasteiger partial charge in [-0.3, -0.25) is 10.1 Å². The van der Waals surface area contributed by atoms with E-state index in [0.29, 0.717) is 12.3 Å². The van der Waals surface area contributed by atoms with E-state index >= 15 is 0 Å². The van der Waals surface area contributed by atoms with Gasteiger partial charge in [-0.15, -0.1) is 0 Å². The lowest BCUT2D eigenvalue weighted by Crippen LogP contribution is -2.07. The molecule has 1 heterocycles. The van der Waals surface area contributed by atoms with Gasteiger partial charge in [0.05, 0.1) is 16.6 Å². The van der Waals surface area contributed by atoms with E-state index in [0.717, 1.165) is 28.8 Å². The van der Waals surface area contributed by atoms with Gasteiger partial charge in [0, 0.05) is 17.0 Å². The van der Waals surface area contributed by atoms with Crippen molar-refractivity contribution in [1.29, 1.82) is 0 Å². The van der Waals surface area contributed by atoms with Gasteiger partial charge in [0.15, 0.2) is 0 Å². The van der Waals surface area contributed by atoms with Gasteiger partial charge in [0.2, 0.25) is 6.54 Å². The number of hydrogen-bond acceptors (Lipinski definition) is 4. The molecule has 2 rings (SSSR count). The summed E-state index contributed by atoms with van der Waals surface area (Å²) in [5, 5.41) is 10.3. The molecule has 1 saturated carbocycles. The smallest absolute Gasteiger partial charge is 0.209 e. The maximum atomic E-state index is 10.3. The largest absolute Gasteiger partial charge is 0.265 e. The van der Waals surface area contributed by atoms with Gasteiger partial charge >= 0.3 is 0 Å². The van der Waals surface area contributed by atoms with Crippen molar-refractivity contribution in [3.05, 3.63) is 32.3 Å². The number of rotatable bonds is 4. The van der Waals surface area contributed by atoms with Crippen LogP contribution in [0.25, 0.3) is 0 Å². The average Bonchev–Trinajstić information content (AvgIpc) is 3.00. The predicted molar refractivity (Wildman–Crippen MR) is 57.3 cm³/mol. The normalized spacial score (nSPS) is 15.3. The molecular weight excluding hydrogens is 262 g/mol. The first-order chi connectivity index (χ1) is 7.16. The van der Waals surface area contributed by atoms with Gasteiger partial charge in [-0.05, 0) is 28.8 Å². The fourth-order valence-electron chi connectivity index (χ4n) is 1.33. The Balaban J connectivity index is 2.13. The van der Waals surface area contributed by atoms with E-state index in [1.54, 1.807) is 6.20 Å². The lowest BCUT2D eigenvalue weighted by Gasteiger charge is -2.03. The summed E-state index contributed by atoms with van der Waals surface area (Å²) in [5.41, 5.74) is 0.739. The highest BCUT2D eigenvalue weighted by Gasteiger charge is 2.27. The molecule has 0 spiro atoms. The van der Waals surface area contributed by atoms with Gasteiger partial charge in [-0.2, -0.15) is 0 Å². The standard InChI is InChI=1S/C9H10BrN3O2/c10-7-5-11-9(6-1-2-6)12-8(7)3-4-13(14)15/h5-6H,1-4H2. The molecular formula is C9H10BrN3O2. The van der Waals surface area contributed by atoms with Gasteiger partial charge < -0.3 is 0 Å². The number of nitro groups is 1. The van der Waals surface area contributed by atoms with Crippen LogP contribution in [0.5, 0.6) is 0 Å². The summed E-state index contributed by atoms with van der Waals surface area (Å²) < 4.78 is 0.758. The molecule has 0 unspecified atom stereocenters. The SMILES string of the molecule is O=[N+]([O-])CCc1nc(C2CC2)ncc1Br. The monoisotopic (exact) mass is 271 g/mol. The third-order valence-corrected chi connectivity index (χ3v) is 2.97. The molecule has 0 aromatic carbocycles. The number of nitrogens with zero attached hydrogens (tertiary/aromatic N) is 3. The summed E-state index contributed by atoms with van der Waals surface area (Å²) in [7, 11) is 0. The van der Waals surface area contributed by atoms with Crippen molar-refractivity contribution in [1.82, 2.24) is 9.97 Å². The lowest BCUT2D eigenvalue weighted by atomic mass is 10.3. The molecule has 0 aliphatic heterocycles. The Labute approximate surface area is 95.2 Å². The molecule has 5 nitrogen and oxygen atoms in total. The zero-order valence-corrected chi connectivity index (χ0v) is 9.61. The van der Waals surface area contributed by atoms with E-state index in [-0.39, 0.29) is 11.5 Å². The van der Waals surface area contributed by atoms with Crippen LogP contribution >= 0.6 is 15.9 Å². The van der Waals surface area contributed by atoms with Crippen molar-refractivity contribution in [3.8, 4) is 0 Å². The van der Waals surface area contributed by atoms with E-state index in [1.807, 2.05) is 0 Å². The van der Waals surface area contributed by atoms with Crippen LogP contribution in [0.1, 0.15) is 30.3 Å². The van der Waals surface area contributed by atoms with E-state index in [1.165, 1.54) is 0 Å². The van der Waals surface area contributed by atoms with Crippen LogP contribution in [-0.4, -0.2) is 21.4 Å². The quantitative estimate of drug-likeness (QED) is 0.620. The first-order valence-corrected chi connectivity index (χ1v) is 5.59. The molecule has 6 heteroatoms. The maximum absolute atomic E-state index is 10.3.